The first-order valence-corrected chi connectivity index (χ1v) is 7.50. The fraction of sp³-hybridized carbons (Fsp3) is 0.562. The lowest BCUT2D eigenvalue weighted by Crippen LogP contribution is -2.42. The second-order valence-electron chi connectivity index (χ2n) is 5.44. The summed E-state index contributed by atoms with van der Waals surface area (Å²) in [6.07, 6.45) is 2.38. The van der Waals surface area contributed by atoms with Crippen molar-refractivity contribution in [3.8, 4) is 11.5 Å². The van der Waals surface area contributed by atoms with E-state index in [4.69, 9.17) is 15.2 Å². The molecule has 0 aromatic heterocycles. The summed E-state index contributed by atoms with van der Waals surface area (Å²) >= 11 is 0. The summed E-state index contributed by atoms with van der Waals surface area (Å²) in [4.78, 5) is 6.55. The Morgan fingerprint density at radius 2 is 2.00 bits per heavy atom. The number of likely N-dealkylation sites (tertiary alicyclic amines) is 1. The van der Waals surface area contributed by atoms with Gasteiger partial charge in [-0.15, -0.1) is 24.0 Å². The molecule has 22 heavy (non-hydrogen) atoms. The van der Waals surface area contributed by atoms with Crippen molar-refractivity contribution in [2.45, 2.75) is 19.8 Å². The van der Waals surface area contributed by atoms with Crippen molar-refractivity contribution in [1.29, 1.82) is 0 Å². The van der Waals surface area contributed by atoms with E-state index in [0.717, 1.165) is 30.5 Å². The number of aliphatic imine (C=N–C) groups is 1. The van der Waals surface area contributed by atoms with Gasteiger partial charge in [0.25, 0.3) is 0 Å². The van der Waals surface area contributed by atoms with Crippen molar-refractivity contribution in [2.75, 3.05) is 33.4 Å². The maximum absolute atomic E-state index is 6.02. The minimum Gasteiger partial charge on any atom is -0.497 e. The number of hydrogen-bond acceptors (Lipinski definition) is 3. The molecule has 5 nitrogen and oxygen atoms in total. The lowest BCUT2D eigenvalue weighted by Gasteiger charge is -2.31. The topological polar surface area (TPSA) is 60.1 Å². The van der Waals surface area contributed by atoms with Crippen molar-refractivity contribution in [3.05, 3.63) is 24.3 Å². The molecular formula is C16H26IN3O2. The van der Waals surface area contributed by atoms with Crippen molar-refractivity contribution in [3.63, 3.8) is 0 Å². The number of benzene rings is 1. The minimum atomic E-state index is 0. The van der Waals surface area contributed by atoms with Gasteiger partial charge in [-0.3, -0.25) is 0 Å². The van der Waals surface area contributed by atoms with Crippen LogP contribution in [0.5, 0.6) is 11.5 Å². The molecule has 1 fully saturated rings. The number of nitrogens with two attached hydrogens (primary N) is 1. The number of methoxy groups -OCH3 is 1. The molecule has 0 radical (unpaired) electrons. The highest BCUT2D eigenvalue weighted by atomic mass is 127. The van der Waals surface area contributed by atoms with E-state index in [1.807, 2.05) is 24.3 Å². The monoisotopic (exact) mass is 419 g/mol. The van der Waals surface area contributed by atoms with Gasteiger partial charge in [0, 0.05) is 19.2 Å². The Bertz CT molecular complexity index is 474. The second-order valence-corrected chi connectivity index (χ2v) is 5.44. The van der Waals surface area contributed by atoms with Gasteiger partial charge in [-0.1, -0.05) is 13.0 Å². The standard InChI is InChI=1S/C16H25N3O2.HI/c1-13-6-9-19(10-7-13)16(17)18-8-11-21-15-5-3-4-14(12-15)20-2;/h3-5,12-13H,6-11H2,1-2H3,(H2,17,18);1H. The first kappa shape index (κ1) is 18.9. The van der Waals surface area contributed by atoms with Crippen molar-refractivity contribution < 1.29 is 9.47 Å². The van der Waals surface area contributed by atoms with Crippen LogP contribution in [0, 0.1) is 5.92 Å². The van der Waals surface area contributed by atoms with Gasteiger partial charge in [0.15, 0.2) is 5.96 Å². The molecule has 6 heteroatoms. The van der Waals surface area contributed by atoms with Gasteiger partial charge in [-0.2, -0.15) is 0 Å². The lowest BCUT2D eigenvalue weighted by molar-refractivity contribution is 0.276. The van der Waals surface area contributed by atoms with Crippen LogP contribution in [0.3, 0.4) is 0 Å². The Labute approximate surface area is 149 Å². The van der Waals surface area contributed by atoms with E-state index in [-0.39, 0.29) is 24.0 Å². The molecule has 0 unspecified atom stereocenters. The van der Waals surface area contributed by atoms with Gasteiger partial charge in [0.1, 0.15) is 18.1 Å². The molecule has 1 heterocycles. The average molecular weight is 419 g/mol. The lowest BCUT2D eigenvalue weighted by atomic mass is 10.00. The van der Waals surface area contributed by atoms with Crippen LogP contribution < -0.4 is 15.2 Å². The third-order valence-corrected chi connectivity index (χ3v) is 3.78. The largest absolute Gasteiger partial charge is 0.497 e. The minimum absolute atomic E-state index is 0. The summed E-state index contributed by atoms with van der Waals surface area (Å²) in [5, 5.41) is 0. The van der Waals surface area contributed by atoms with Gasteiger partial charge in [0.2, 0.25) is 0 Å². The molecule has 0 atom stereocenters. The molecule has 0 spiro atoms. The Balaban J connectivity index is 0.00000242. The third kappa shape index (κ3) is 5.90. The normalized spacial score (nSPS) is 16.1. The van der Waals surface area contributed by atoms with Gasteiger partial charge in [-0.25, -0.2) is 4.99 Å². The van der Waals surface area contributed by atoms with Crippen LogP contribution in [0.1, 0.15) is 19.8 Å². The summed E-state index contributed by atoms with van der Waals surface area (Å²) in [7, 11) is 1.64. The predicted molar refractivity (Wildman–Crippen MR) is 100 cm³/mol. The molecule has 0 bridgehead atoms. The molecular weight excluding hydrogens is 393 g/mol. The van der Waals surface area contributed by atoms with E-state index >= 15 is 0 Å². The Morgan fingerprint density at radius 3 is 2.68 bits per heavy atom. The highest BCUT2D eigenvalue weighted by molar-refractivity contribution is 14.0. The number of nitrogens with zero attached hydrogens (tertiary/aromatic N) is 2. The molecule has 2 rings (SSSR count). The highest BCUT2D eigenvalue weighted by Crippen LogP contribution is 2.18. The molecule has 1 aromatic rings. The number of ether oxygens (including phenoxy) is 2. The van der Waals surface area contributed by atoms with Gasteiger partial charge >= 0.3 is 0 Å². The maximum atomic E-state index is 6.02. The zero-order valence-electron chi connectivity index (χ0n) is 13.3. The molecule has 124 valence electrons. The van der Waals surface area contributed by atoms with Crippen LogP contribution >= 0.6 is 24.0 Å². The van der Waals surface area contributed by atoms with Gasteiger partial charge < -0.3 is 20.1 Å². The Kier molecular flexibility index (Phi) is 8.37. The molecule has 0 amide bonds. The summed E-state index contributed by atoms with van der Waals surface area (Å²) in [6, 6.07) is 7.56. The van der Waals surface area contributed by atoms with E-state index in [1.165, 1.54) is 12.8 Å². The number of hydrogen-bond donors (Lipinski definition) is 1. The van der Waals surface area contributed by atoms with Crippen LogP contribution in [0.25, 0.3) is 0 Å². The van der Waals surface area contributed by atoms with E-state index < -0.39 is 0 Å². The first-order chi connectivity index (χ1) is 10.2. The van der Waals surface area contributed by atoms with E-state index in [0.29, 0.717) is 19.1 Å². The Morgan fingerprint density at radius 1 is 1.32 bits per heavy atom. The molecule has 1 aromatic carbocycles. The van der Waals surface area contributed by atoms with Gasteiger partial charge in [0.05, 0.1) is 13.7 Å². The molecule has 0 saturated carbocycles. The summed E-state index contributed by atoms with van der Waals surface area (Å²) < 4.78 is 10.8. The van der Waals surface area contributed by atoms with E-state index in [9.17, 15) is 0 Å². The Hall–Kier alpha value is -1.18. The van der Waals surface area contributed by atoms with Crippen LogP contribution in [-0.4, -0.2) is 44.2 Å². The zero-order valence-corrected chi connectivity index (χ0v) is 15.7. The summed E-state index contributed by atoms with van der Waals surface area (Å²) in [5.41, 5.74) is 6.02. The van der Waals surface area contributed by atoms with Crippen LogP contribution in [0.4, 0.5) is 0 Å². The van der Waals surface area contributed by atoms with E-state index in [1.54, 1.807) is 7.11 Å². The molecule has 0 aliphatic carbocycles. The van der Waals surface area contributed by atoms with Gasteiger partial charge in [-0.05, 0) is 30.9 Å². The quantitative estimate of drug-likeness (QED) is 0.345. The average Bonchev–Trinajstić information content (AvgIpc) is 2.52. The fourth-order valence-electron chi connectivity index (χ4n) is 2.35. The zero-order chi connectivity index (χ0) is 15.1. The van der Waals surface area contributed by atoms with Crippen molar-refractivity contribution in [2.24, 2.45) is 16.6 Å². The second kappa shape index (κ2) is 9.76. The fourth-order valence-corrected chi connectivity index (χ4v) is 2.35. The number of piperidine rings is 1. The van der Waals surface area contributed by atoms with E-state index in [2.05, 4.69) is 16.8 Å². The van der Waals surface area contributed by atoms with Crippen molar-refractivity contribution >= 4 is 29.9 Å². The summed E-state index contributed by atoms with van der Waals surface area (Å²) in [6.45, 7) is 5.38. The SMILES string of the molecule is COc1cccc(OCCN=C(N)N2CCC(C)CC2)c1.I. The molecule has 1 aliphatic heterocycles. The predicted octanol–water partition coefficient (Wildman–Crippen LogP) is 2.74. The van der Waals surface area contributed by atoms with Crippen LogP contribution in [0.2, 0.25) is 0 Å². The molecule has 1 aliphatic rings. The number of rotatable bonds is 5. The van der Waals surface area contributed by atoms with Crippen LogP contribution in [-0.2, 0) is 0 Å². The number of halogens is 1. The van der Waals surface area contributed by atoms with Crippen molar-refractivity contribution in [1.82, 2.24) is 4.90 Å². The third-order valence-electron chi connectivity index (χ3n) is 3.78. The molecule has 2 N–H and O–H groups in total. The summed E-state index contributed by atoms with van der Waals surface area (Å²) in [5.74, 6) is 3.01. The molecule has 1 saturated heterocycles. The highest BCUT2D eigenvalue weighted by Gasteiger charge is 2.16. The maximum Gasteiger partial charge on any atom is 0.191 e. The van der Waals surface area contributed by atoms with Crippen LogP contribution in [0.15, 0.2) is 29.3 Å². The first-order valence-electron chi connectivity index (χ1n) is 7.50. The smallest absolute Gasteiger partial charge is 0.191 e. The number of guanidine groups is 1.